The molecular formula is C8H5Br2ClO3. The van der Waals surface area contributed by atoms with Crippen LogP contribution in [0.2, 0.25) is 5.02 Å². The zero-order valence-corrected chi connectivity index (χ0v) is 10.6. The van der Waals surface area contributed by atoms with Crippen LogP contribution in [0.3, 0.4) is 0 Å². The van der Waals surface area contributed by atoms with Crippen LogP contribution in [0.15, 0.2) is 21.1 Å². The summed E-state index contributed by atoms with van der Waals surface area (Å²) in [6.45, 7) is 0. The van der Waals surface area contributed by atoms with E-state index < -0.39 is 12.1 Å². The van der Waals surface area contributed by atoms with Crippen molar-refractivity contribution in [3.05, 3.63) is 31.7 Å². The van der Waals surface area contributed by atoms with Gasteiger partial charge in [0, 0.05) is 19.5 Å². The normalized spacial score (nSPS) is 12.6. The fourth-order valence-corrected chi connectivity index (χ4v) is 3.04. The molecule has 14 heavy (non-hydrogen) atoms. The van der Waals surface area contributed by atoms with Crippen molar-refractivity contribution >= 4 is 49.4 Å². The second-order valence-corrected chi connectivity index (χ2v) is 4.67. The molecule has 0 heterocycles. The molecule has 1 aromatic carbocycles. The van der Waals surface area contributed by atoms with Crippen molar-refractivity contribution in [2.45, 2.75) is 6.10 Å². The largest absolute Gasteiger partial charge is 0.479 e. The maximum Gasteiger partial charge on any atom is 0.337 e. The molecule has 6 heteroatoms. The average molecular weight is 344 g/mol. The van der Waals surface area contributed by atoms with Crippen molar-refractivity contribution in [1.29, 1.82) is 0 Å². The minimum atomic E-state index is -1.57. The maximum atomic E-state index is 10.6. The summed E-state index contributed by atoms with van der Waals surface area (Å²) in [5.41, 5.74) is 0.252. The van der Waals surface area contributed by atoms with Gasteiger partial charge in [-0.15, -0.1) is 0 Å². The minimum Gasteiger partial charge on any atom is -0.479 e. The Kier molecular flexibility index (Phi) is 3.94. The number of rotatable bonds is 2. The highest BCUT2D eigenvalue weighted by molar-refractivity contribution is 9.11. The van der Waals surface area contributed by atoms with Gasteiger partial charge >= 0.3 is 5.97 Å². The monoisotopic (exact) mass is 342 g/mol. The number of aliphatic carboxylic acids is 1. The molecule has 1 unspecified atom stereocenters. The Balaban J connectivity index is 3.27. The van der Waals surface area contributed by atoms with E-state index in [-0.39, 0.29) is 5.56 Å². The summed E-state index contributed by atoms with van der Waals surface area (Å²) in [6, 6.07) is 3.04. The summed E-state index contributed by atoms with van der Waals surface area (Å²) in [5, 5.41) is 18.4. The highest BCUT2D eigenvalue weighted by atomic mass is 79.9. The number of halogens is 3. The quantitative estimate of drug-likeness (QED) is 0.867. The Morgan fingerprint density at radius 3 is 2.14 bits per heavy atom. The molecule has 0 amide bonds. The first-order chi connectivity index (χ1) is 6.43. The Bertz CT molecular complexity index is 358. The van der Waals surface area contributed by atoms with Crippen molar-refractivity contribution in [2.24, 2.45) is 0 Å². The van der Waals surface area contributed by atoms with E-state index in [1.807, 2.05) is 0 Å². The third-order valence-electron chi connectivity index (χ3n) is 1.55. The molecule has 0 fully saturated rings. The van der Waals surface area contributed by atoms with Crippen molar-refractivity contribution in [1.82, 2.24) is 0 Å². The SMILES string of the molecule is O=C(O)C(O)c1c(Br)cc(Cl)cc1Br. The van der Waals surface area contributed by atoms with Gasteiger partial charge in [-0.25, -0.2) is 4.79 Å². The first-order valence-corrected chi connectivity index (χ1v) is 5.45. The van der Waals surface area contributed by atoms with Gasteiger partial charge in [0.2, 0.25) is 0 Å². The topological polar surface area (TPSA) is 57.5 Å². The van der Waals surface area contributed by atoms with E-state index in [1.165, 1.54) is 12.1 Å². The molecule has 1 atom stereocenters. The van der Waals surface area contributed by atoms with Gasteiger partial charge in [0.15, 0.2) is 6.10 Å². The lowest BCUT2D eigenvalue weighted by molar-refractivity contribution is -0.147. The van der Waals surface area contributed by atoms with Gasteiger partial charge in [-0.2, -0.15) is 0 Å². The number of carbonyl (C=O) groups is 1. The molecule has 0 spiro atoms. The Morgan fingerprint density at radius 2 is 1.79 bits per heavy atom. The molecule has 0 saturated carbocycles. The molecule has 0 aliphatic carbocycles. The molecule has 0 aliphatic rings. The lowest BCUT2D eigenvalue weighted by atomic mass is 10.1. The zero-order chi connectivity index (χ0) is 10.9. The summed E-state index contributed by atoms with van der Waals surface area (Å²) in [4.78, 5) is 10.6. The smallest absolute Gasteiger partial charge is 0.337 e. The number of benzene rings is 1. The fraction of sp³-hybridized carbons (Fsp3) is 0.125. The number of hydrogen-bond acceptors (Lipinski definition) is 2. The average Bonchev–Trinajstić information content (AvgIpc) is 2.01. The van der Waals surface area contributed by atoms with Crippen LogP contribution in [0.25, 0.3) is 0 Å². The van der Waals surface area contributed by atoms with Gasteiger partial charge in [0.1, 0.15) is 0 Å². The van der Waals surface area contributed by atoms with E-state index in [4.69, 9.17) is 16.7 Å². The van der Waals surface area contributed by atoms with Crippen molar-refractivity contribution in [3.8, 4) is 0 Å². The molecule has 0 saturated heterocycles. The summed E-state index contributed by atoms with van der Waals surface area (Å²) in [6.07, 6.45) is -1.57. The van der Waals surface area contributed by atoms with Crippen LogP contribution in [0.4, 0.5) is 0 Å². The van der Waals surface area contributed by atoms with Crippen LogP contribution in [0.1, 0.15) is 11.7 Å². The Hall–Kier alpha value is -0.100. The number of aliphatic hydroxyl groups is 1. The van der Waals surface area contributed by atoms with Gasteiger partial charge in [-0.05, 0) is 12.1 Å². The molecule has 1 rings (SSSR count). The van der Waals surface area contributed by atoms with Gasteiger partial charge in [0.05, 0.1) is 0 Å². The fourth-order valence-electron chi connectivity index (χ4n) is 0.938. The first-order valence-electron chi connectivity index (χ1n) is 3.48. The molecule has 2 N–H and O–H groups in total. The Morgan fingerprint density at radius 1 is 1.36 bits per heavy atom. The molecular weight excluding hydrogens is 339 g/mol. The van der Waals surface area contributed by atoms with E-state index >= 15 is 0 Å². The summed E-state index contributed by atoms with van der Waals surface area (Å²) in [5.74, 6) is -1.31. The van der Waals surface area contributed by atoms with Crippen LogP contribution in [-0.2, 0) is 4.79 Å². The number of hydrogen-bond donors (Lipinski definition) is 2. The standard InChI is InChI=1S/C8H5Br2ClO3/c9-4-1-3(11)2-5(10)6(4)7(12)8(13)14/h1-2,7,12H,(H,13,14). The van der Waals surface area contributed by atoms with Crippen LogP contribution in [0, 0.1) is 0 Å². The number of carboxylic acids is 1. The molecule has 0 radical (unpaired) electrons. The van der Waals surface area contributed by atoms with E-state index in [9.17, 15) is 9.90 Å². The lowest BCUT2D eigenvalue weighted by Crippen LogP contribution is -2.11. The molecule has 0 aliphatic heterocycles. The van der Waals surface area contributed by atoms with Gasteiger partial charge < -0.3 is 10.2 Å². The summed E-state index contributed by atoms with van der Waals surface area (Å²) in [7, 11) is 0. The highest BCUT2D eigenvalue weighted by Gasteiger charge is 2.21. The molecule has 0 aromatic heterocycles. The van der Waals surface area contributed by atoms with Crippen LogP contribution < -0.4 is 0 Å². The highest BCUT2D eigenvalue weighted by Crippen LogP contribution is 2.34. The first kappa shape index (κ1) is 12.0. The molecule has 3 nitrogen and oxygen atoms in total. The number of aliphatic hydroxyl groups excluding tert-OH is 1. The Labute approximate surface area is 102 Å². The third-order valence-corrected chi connectivity index (χ3v) is 3.08. The number of carboxylic acid groups (broad SMARTS) is 1. The minimum absolute atomic E-state index is 0.252. The van der Waals surface area contributed by atoms with Crippen LogP contribution in [0.5, 0.6) is 0 Å². The maximum absolute atomic E-state index is 10.6. The summed E-state index contributed by atoms with van der Waals surface area (Å²) >= 11 is 12.0. The predicted octanol–water partition coefficient (Wildman–Crippen LogP) is 2.98. The zero-order valence-electron chi connectivity index (χ0n) is 6.67. The van der Waals surface area contributed by atoms with E-state index in [0.717, 1.165) is 0 Å². The van der Waals surface area contributed by atoms with Gasteiger partial charge in [-0.1, -0.05) is 43.5 Å². The van der Waals surface area contributed by atoms with Crippen molar-refractivity contribution < 1.29 is 15.0 Å². The van der Waals surface area contributed by atoms with Crippen LogP contribution >= 0.6 is 43.5 Å². The van der Waals surface area contributed by atoms with Crippen molar-refractivity contribution in [3.63, 3.8) is 0 Å². The third kappa shape index (κ3) is 2.48. The van der Waals surface area contributed by atoms with Crippen molar-refractivity contribution in [2.75, 3.05) is 0 Å². The second kappa shape index (κ2) is 4.61. The van der Waals surface area contributed by atoms with E-state index in [1.54, 1.807) is 0 Å². The van der Waals surface area contributed by atoms with E-state index in [0.29, 0.717) is 14.0 Å². The van der Waals surface area contributed by atoms with Gasteiger partial charge in [0.25, 0.3) is 0 Å². The van der Waals surface area contributed by atoms with Gasteiger partial charge in [-0.3, -0.25) is 0 Å². The lowest BCUT2D eigenvalue weighted by Gasteiger charge is -2.10. The predicted molar refractivity (Wildman–Crippen MR) is 59.4 cm³/mol. The second-order valence-electron chi connectivity index (χ2n) is 2.52. The van der Waals surface area contributed by atoms with Crippen LogP contribution in [-0.4, -0.2) is 16.2 Å². The molecule has 76 valence electrons. The van der Waals surface area contributed by atoms with E-state index in [2.05, 4.69) is 31.9 Å². The molecule has 1 aromatic rings. The summed E-state index contributed by atoms with van der Waals surface area (Å²) < 4.78 is 0.901. The molecule has 0 bridgehead atoms.